The van der Waals surface area contributed by atoms with E-state index >= 15 is 0 Å². The Kier molecular flexibility index (Phi) is 6.41. The van der Waals surface area contributed by atoms with Crippen molar-refractivity contribution in [2.24, 2.45) is 0 Å². The van der Waals surface area contributed by atoms with E-state index in [1.54, 1.807) is 49.6 Å². The maximum Gasteiger partial charge on any atom is 0.258 e. The summed E-state index contributed by atoms with van der Waals surface area (Å²) >= 11 is 0. The first-order chi connectivity index (χ1) is 15.6. The number of hydrogen-bond acceptors (Lipinski definition) is 6. The third-order valence-corrected chi connectivity index (χ3v) is 4.68. The Morgan fingerprint density at radius 3 is 2.38 bits per heavy atom. The smallest absolute Gasteiger partial charge is 0.258 e. The largest absolute Gasteiger partial charge is 0.497 e. The minimum absolute atomic E-state index is 0.0987. The molecule has 0 aliphatic carbocycles. The normalized spacial score (nSPS) is 10.6. The van der Waals surface area contributed by atoms with Gasteiger partial charge in [-0.15, -0.1) is 0 Å². The summed E-state index contributed by atoms with van der Waals surface area (Å²) in [6.07, 6.45) is 0. The Labute approximate surface area is 183 Å². The van der Waals surface area contributed by atoms with E-state index in [9.17, 15) is 9.18 Å². The van der Waals surface area contributed by atoms with Crippen molar-refractivity contribution in [3.63, 3.8) is 0 Å². The van der Waals surface area contributed by atoms with E-state index in [1.165, 1.54) is 6.07 Å². The Bertz CT molecular complexity index is 1190. The highest BCUT2D eigenvalue weighted by molar-refractivity contribution is 5.77. The molecule has 4 rings (SSSR count). The third kappa shape index (κ3) is 5.10. The number of amides is 1. The topological polar surface area (TPSA) is 86.5 Å². The molecule has 1 amide bonds. The maximum absolute atomic E-state index is 13.6. The summed E-state index contributed by atoms with van der Waals surface area (Å²) in [5.74, 6) is 1.37. The zero-order chi connectivity index (χ0) is 22.3. The van der Waals surface area contributed by atoms with Crippen LogP contribution in [-0.2, 0) is 11.3 Å². The van der Waals surface area contributed by atoms with Gasteiger partial charge in [0.2, 0.25) is 5.82 Å². The summed E-state index contributed by atoms with van der Waals surface area (Å²) in [4.78, 5) is 16.4. The number of carbonyl (C=O) groups excluding carboxylic acids is 1. The Morgan fingerprint density at radius 1 is 0.969 bits per heavy atom. The van der Waals surface area contributed by atoms with E-state index in [4.69, 9.17) is 14.0 Å². The zero-order valence-electron chi connectivity index (χ0n) is 17.2. The first-order valence-corrected chi connectivity index (χ1v) is 9.84. The Morgan fingerprint density at radius 2 is 1.66 bits per heavy atom. The number of hydrogen-bond donors (Lipinski definition) is 1. The fraction of sp³-hybridized carbons (Fsp3) is 0.125. The van der Waals surface area contributed by atoms with E-state index in [2.05, 4.69) is 15.5 Å². The fourth-order valence-electron chi connectivity index (χ4n) is 2.93. The molecular formula is C24H20FN3O4. The summed E-state index contributed by atoms with van der Waals surface area (Å²) in [5, 5.41) is 6.64. The molecule has 4 aromatic rings. The predicted molar refractivity (Wildman–Crippen MR) is 115 cm³/mol. The van der Waals surface area contributed by atoms with Crippen LogP contribution < -0.4 is 14.8 Å². The van der Waals surface area contributed by atoms with Crippen LogP contribution in [0.5, 0.6) is 11.5 Å². The minimum atomic E-state index is -0.361. The predicted octanol–water partition coefficient (Wildman–Crippen LogP) is 4.25. The van der Waals surface area contributed by atoms with E-state index < -0.39 is 0 Å². The van der Waals surface area contributed by atoms with Crippen molar-refractivity contribution in [3.8, 4) is 34.3 Å². The summed E-state index contributed by atoms with van der Waals surface area (Å²) in [6.45, 7) is -0.0858. The lowest BCUT2D eigenvalue weighted by molar-refractivity contribution is -0.123. The molecule has 32 heavy (non-hydrogen) atoms. The lowest BCUT2D eigenvalue weighted by Crippen LogP contribution is -2.28. The average Bonchev–Trinajstić information content (AvgIpc) is 3.33. The molecule has 0 atom stereocenters. The molecule has 3 aromatic carbocycles. The van der Waals surface area contributed by atoms with Gasteiger partial charge in [-0.25, -0.2) is 4.39 Å². The number of aromatic nitrogens is 2. The summed E-state index contributed by atoms with van der Waals surface area (Å²) in [6, 6.07) is 20.6. The lowest BCUT2D eigenvalue weighted by Gasteiger charge is -2.08. The number of rotatable bonds is 8. The highest BCUT2D eigenvalue weighted by atomic mass is 19.1. The number of ether oxygens (including phenoxy) is 2. The standard InChI is InChI=1S/C24H20FN3O4/c1-30-19-10-6-16(7-11-19)23-27-24(32-28-23)17-8-12-20(13-9-17)31-15-22(29)26-14-18-4-2-3-5-21(18)25/h2-13H,14-15H2,1H3,(H,26,29). The molecule has 0 bridgehead atoms. The van der Waals surface area contributed by atoms with Gasteiger partial charge in [0.15, 0.2) is 6.61 Å². The van der Waals surface area contributed by atoms with Crippen LogP contribution in [0.4, 0.5) is 4.39 Å². The van der Waals surface area contributed by atoms with Gasteiger partial charge in [-0.05, 0) is 54.6 Å². The van der Waals surface area contributed by atoms with Gasteiger partial charge in [0.05, 0.1) is 7.11 Å². The van der Waals surface area contributed by atoms with Crippen LogP contribution in [-0.4, -0.2) is 29.8 Å². The van der Waals surface area contributed by atoms with Crippen LogP contribution in [0.15, 0.2) is 77.3 Å². The van der Waals surface area contributed by atoms with E-state index in [0.29, 0.717) is 28.6 Å². The van der Waals surface area contributed by atoms with Gasteiger partial charge in [-0.3, -0.25) is 4.79 Å². The molecule has 162 valence electrons. The summed E-state index contributed by atoms with van der Waals surface area (Å²) in [7, 11) is 1.60. The lowest BCUT2D eigenvalue weighted by atomic mass is 10.2. The van der Waals surface area contributed by atoms with Crippen LogP contribution in [0.25, 0.3) is 22.8 Å². The summed E-state index contributed by atoms with van der Waals surface area (Å²) in [5.41, 5.74) is 1.94. The molecular weight excluding hydrogens is 413 g/mol. The second-order valence-electron chi connectivity index (χ2n) is 6.83. The quantitative estimate of drug-likeness (QED) is 0.447. The van der Waals surface area contributed by atoms with Crippen molar-refractivity contribution in [1.82, 2.24) is 15.5 Å². The van der Waals surface area contributed by atoms with Gasteiger partial charge in [-0.1, -0.05) is 23.4 Å². The molecule has 0 spiro atoms. The van der Waals surface area contributed by atoms with Crippen LogP contribution in [0.1, 0.15) is 5.56 Å². The van der Waals surface area contributed by atoms with Gasteiger partial charge >= 0.3 is 0 Å². The highest BCUT2D eigenvalue weighted by Crippen LogP contribution is 2.25. The minimum Gasteiger partial charge on any atom is -0.497 e. The SMILES string of the molecule is COc1ccc(-c2noc(-c3ccc(OCC(=O)NCc4ccccc4F)cc3)n2)cc1. The van der Waals surface area contributed by atoms with Crippen molar-refractivity contribution < 1.29 is 23.2 Å². The number of halogens is 1. The molecule has 8 heteroatoms. The second kappa shape index (κ2) is 9.74. The average molecular weight is 433 g/mol. The van der Waals surface area contributed by atoms with E-state index in [0.717, 1.165) is 11.3 Å². The second-order valence-corrected chi connectivity index (χ2v) is 6.83. The van der Waals surface area contributed by atoms with Crippen LogP contribution in [0.3, 0.4) is 0 Å². The number of nitrogens with one attached hydrogen (secondary N) is 1. The fourth-order valence-corrected chi connectivity index (χ4v) is 2.93. The van der Waals surface area contributed by atoms with Crippen molar-refractivity contribution in [1.29, 1.82) is 0 Å². The molecule has 7 nitrogen and oxygen atoms in total. The Balaban J connectivity index is 1.31. The Hall–Kier alpha value is -4.20. The first-order valence-electron chi connectivity index (χ1n) is 9.84. The third-order valence-electron chi connectivity index (χ3n) is 4.68. The first kappa shape index (κ1) is 21.0. The van der Waals surface area contributed by atoms with E-state index in [-0.39, 0.29) is 24.9 Å². The molecule has 0 aliphatic heterocycles. The van der Waals surface area contributed by atoms with Gasteiger partial charge in [-0.2, -0.15) is 4.98 Å². The number of nitrogens with zero attached hydrogens (tertiary/aromatic N) is 2. The molecule has 1 heterocycles. The van der Waals surface area contributed by atoms with Gasteiger partial charge < -0.3 is 19.3 Å². The molecule has 0 radical (unpaired) electrons. The van der Waals surface area contributed by atoms with Crippen molar-refractivity contribution >= 4 is 5.91 Å². The molecule has 0 aliphatic rings. The molecule has 0 unspecified atom stereocenters. The highest BCUT2D eigenvalue weighted by Gasteiger charge is 2.11. The molecule has 0 saturated carbocycles. The number of methoxy groups -OCH3 is 1. The number of carbonyl (C=O) groups is 1. The summed E-state index contributed by atoms with van der Waals surface area (Å²) < 4.78 is 29.6. The number of benzene rings is 3. The van der Waals surface area contributed by atoms with Crippen LogP contribution in [0.2, 0.25) is 0 Å². The van der Waals surface area contributed by atoms with Gasteiger partial charge in [0.25, 0.3) is 11.8 Å². The molecule has 1 aromatic heterocycles. The van der Waals surface area contributed by atoms with Crippen molar-refractivity contribution in [2.75, 3.05) is 13.7 Å². The molecule has 0 saturated heterocycles. The van der Waals surface area contributed by atoms with Crippen LogP contribution >= 0.6 is 0 Å². The monoisotopic (exact) mass is 433 g/mol. The van der Waals surface area contributed by atoms with Crippen LogP contribution in [0, 0.1) is 5.82 Å². The zero-order valence-corrected chi connectivity index (χ0v) is 17.2. The maximum atomic E-state index is 13.6. The molecule has 1 N–H and O–H groups in total. The van der Waals surface area contributed by atoms with E-state index in [1.807, 2.05) is 24.3 Å². The molecule has 0 fully saturated rings. The van der Waals surface area contributed by atoms with Crippen molar-refractivity contribution in [2.45, 2.75) is 6.54 Å². The van der Waals surface area contributed by atoms with Gasteiger partial charge in [0.1, 0.15) is 17.3 Å². The van der Waals surface area contributed by atoms with Gasteiger partial charge in [0, 0.05) is 23.2 Å². The van der Waals surface area contributed by atoms with Crippen molar-refractivity contribution in [3.05, 3.63) is 84.2 Å².